The molecule has 1 aromatic rings. The molecule has 3 heteroatoms. The summed E-state index contributed by atoms with van der Waals surface area (Å²) in [5.74, 6) is -0.317. The van der Waals surface area contributed by atoms with Crippen LogP contribution in [0.2, 0.25) is 0 Å². The normalized spacial score (nSPS) is 11.1. The molecule has 86 valence electrons. The summed E-state index contributed by atoms with van der Waals surface area (Å²) in [6.07, 6.45) is 3.10. The fourth-order valence-electron chi connectivity index (χ4n) is 1.20. The van der Waals surface area contributed by atoms with E-state index in [-0.39, 0.29) is 12.1 Å². The Morgan fingerprint density at radius 3 is 2.69 bits per heavy atom. The fourth-order valence-corrected chi connectivity index (χ4v) is 1.82. The number of esters is 1. The summed E-state index contributed by atoms with van der Waals surface area (Å²) in [4.78, 5) is 11.3. The Hall–Kier alpha value is -1.09. The molecule has 1 aromatic carbocycles. The van der Waals surface area contributed by atoms with Gasteiger partial charge < -0.3 is 4.74 Å². The highest BCUT2D eigenvalue weighted by Crippen LogP contribution is 2.19. The van der Waals surface area contributed by atoms with Gasteiger partial charge in [-0.3, -0.25) is 0 Å². The number of rotatable bonds is 3. The molecule has 1 rings (SSSR count). The molecule has 0 aliphatic heterocycles. The first-order valence-corrected chi connectivity index (χ1v) is 5.93. The monoisotopic (exact) mass is 282 g/mol. The van der Waals surface area contributed by atoms with E-state index in [0.29, 0.717) is 0 Å². The summed E-state index contributed by atoms with van der Waals surface area (Å²) in [6.45, 7) is 5.67. The topological polar surface area (TPSA) is 26.3 Å². The van der Waals surface area contributed by atoms with Crippen molar-refractivity contribution in [3.05, 3.63) is 39.9 Å². The third-order valence-electron chi connectivity index (χ3n) is 1.91. The van der Waals surface area contributed by atoms with Crippen molar-refractivity contribution >= 4 is 28.0 Å². The highest BCUT2D eigenvalue weighted by Gasteiger charge is 2.01. The molecule has 0 atom stereocenters. The lowest BCUT2D eigenvalue weighted by Gasteiger charge is -2.04. The first-order chi connectivity index (χ1) is 7.49. The predicted molar refractivity (Wildman–Crippen MR) is 69.1 cm³/mol. The molecule has 2 nitrogen and oxygen atoms in total. The van der Waals surface area contributed by atoms with Gasteiger partial charge in [0.15, 0.2) is 0 Å². The van der Waals surface area contributed by atoms with Crippen molar-refractivity contribution in [1.29, 1.82) is 0 Å². The van der Waals surface area contributed by atoms with Gasteiger partial charge in [-0.05, 0) is 44.0 Å². The van der Waals surface area contributed by atoms with Crippen LogP contribution < -0.4 is 0 Å². The Morgan fingerprint density at radius 1 is 1.44 bits per heavy atom. The Kier molecular flexibility index (Phi) is 4.74. The van der Waals surface area contributed by atoms with Crippen LogP contribution in [0.3, 0.4) is 0 Å². The van der Waals surface area contributed by atoms with Crippen LogP contribution in [-0.4, -0.2) is 12.1 Å². The van der Waals surface area contributed by atoms with Gasteiger partial charge >= 0.3 is 5.97 Å². The molecule has 16 heavy (non-hydrogen) atoms. The summed E-state index contributed by atoms with van der Waals surface area (Å²) in [5, 5.41) is 0. The Bertz CT molecular complexity index is 408. The lowest BCUT2D eigenvalue weighted by molar-refractivity contribution is -0.141. The van der Waals surface area contributed by atoms with Gasteiger partial charge in [-0.2, -0.15) is 0 Å². The summed E-state index contributed by atoms with van der Waals surface area (Å²) in [7, 11) is 0. The molecule has 0 bridgehead atoms. The van der Waals surface area contributed by atoms with Crippen molar-refractivity contribution < 1.29 is 9.53 Å². The molecule has 0 spiro atoms. The zero-order valence-corrected chi connectivity index (χ0v) is 11.2. The zero-order chi connectivity index (χ0) is 12.1. The highest BCUT2D eigenvalue weighted by molar-refractivity contribution is 9.10. The second kappa shape index (κ2) is 5.85. The van der Waals surface area contributed by atoms with E-state index >= 15 is 0 Å². The van der Waals surface area contributed by atoms with E-state index in [4.69, 9.17) is 4.74 Å². The van der Waals surface area contributed by atoms with Gasteiger partial charge in [0.2, 0.25) is 0 Å². The molecule has 0 radical (unpaired) electrons. The molecule has 0 aliphatic carbocycles. The fraction of sp³-hybridized carbons (Fsp3) is 0.308. The van der Waals surface area contributed by atoms with Gasteiger partial charge in [0.05, 0.1) is 6.10 Å². The van der Waals surface area contributed by atoms with Crippen LogP contribution in [0.25, 0.3) is 6.08 Å². The van der Waals surface area contributed by atoms with Crippen LogP contribution in [0.5, 0.6) is 0 Å². The minimum atomic E-state index is -0.317. The number of carbonyl (C=O) groups excluding carboxylic acids is 1. The van der Waals surface area contributed by atoms with Crippen molar-refractivity contribution in [3.63, 3.8) is 0 Å². The maximum atomic E-state index is 11.3. The Morgan fingerprint density at radius 2 is 2.12 bits per heavy atom. The van der Waals surface area contributed by atoms with E-state index in [0.717, 1.165) is 10.0 Å². The first-order valence-electron chi connectivity index (χ1n) is 5.14. The number of carbonyl (C=O) groups is 1. The highest BCUT2D eigenvalue weighted by atomic mass is 79.9. The van der Waals surface area contributed by atoms with Crippen LogP contribution >= 0.6 is 15.9 Å². The summed E-state index contributed by atoms with van der Waals surface area (Å²) in [5.41, 5.74) is 2.14. The average Bonchev–Trinajstić information content (AvgIpc) is 2.15. The summed E-state index contributed by atoms with van der Waals surface area (Å²) < 4.78 is 5.97. The van der Waals surface area contributed by atoms with E-state index < -0.39 is 0 Å². The van der Waals surface area contributed by atoms with Crippen LogP contribution in [0.1, 0.15) is 25.0 Å². The van der Waals surface area contributed by atoms with Gasteiger partial charge in [-0.25, -0.2) is 4.79 Å². The molecule has 0 saturated heterocycles. The Labute approximate surface area is 104 Å². The number of halogens is 1. The molecule has 0 amide bonds. The molecule has 0 aromatic heterocycles. The van der Waals surface area contributed by atoms with Crippen molar-refractivity contribution in [2.24, 2.45) is 0 Å². The summed E-state index contributed by atoms with van der Waals surface area (Å²) in [6, 6.07) is 5.96. The third-order valence-corrected chi connectivity index (χ3v) is 2.59. The maximum Gasteiger partial charge on any atom is 0.331 e. The smallest absolute Gasteiger partial charge is 0.331 e. The van der Waals surface area contributed by atoms with Crippen molar-refractivity contribution in [1.82, 2.24) is 0 Å². The largest absolute Gasteiger partial charge is 0.460 e. The minimum absolute atomic E-state index is 0.0846. The number of hydrogen-bond acceptors (Lipinski definition) is 2. The number of ether oxygens (including phenoxy) is 1. The van der Waals surface area contributed by atoms with Crippen LogP contribution in [0.4, 0.5) is 0 Å². The number of hydrogen-bond donors (Lipinski definition) is 0. The zero-order valence-electron chi connectivity index (χ0n) is 9.66. The van der Waals surface area contributed by atoms with Crippen LogP contribution in [0, 0.1) is 6.92 Å². The second-order valence-corrected chi connectivity index (χ2v) is 4.70. The molecule has 0 aliphatic rings. The van der Waals surface area contributed by atoms with Gasteiger partial charge in [0.25, 0.3) is 0 Å². The van der Waals surface area contributed by atoms with Gasteiger partial charge in [0.1, 0.15) is 0 Å². The molecule has 0 saturated carbocycles. The Balaban J connectivity index is 2.73. The van der Waals surface area contributed by atoms with Crippen LogP contribution in [-0.2, 0) is 9.53 Å². The number of benzene rings is 1. The van der Waals surface area contributed by atoms with E-state index in [2.05, 4.69) is 15.9 Å². The van der Waals surface area contributed by atoms with Gasteiger partial charge in [-0.15, -0.1) is 0 Å². The van der Waals surface area contributed by atoms with Gasteiger partial charge in [0, 0.05) is 10.5 Å². The third kappa shape index (κ3) is 4.19. The lowest BCUT2D eigenvalue weighted by Crippen LogP contribution is -2.08. The summed E-state index contributed by atoms with van der Waals surface area (Å²) >= 11 is 3.44. The van der Waals surface area contributed by atoms with Crippen LogP contribution in [0.15, 0.2) is 28.7 Å². The lowest BCUT2D eigenvalue weighted by atomic mass is 10.1. The van der Waals surface area contributed by atoms with E-state index in [9.17, 15) is 4.79 Å². The quantitative estimate of drug-likeness (QED) is 0.624. The predicted octanol–water partition coefficient (Wildman–Crippen LogP) is 3.72. The van der Waals surface area contributed by atoms with Crippen molar-refractivity contribution in [2.45, 2.75) is 26.9 Å². The minimum Gasteiger partial charge on any atom is -0.460 e. The van der Waals surface area contributed by atoms with Gasteiger partial charge in [-0.1, -0.05) is 28.1 Å². The molecule has 0 heterocycles. The molecule has 0 fully saturated rings. The van der Waals surface area contributed by atoms with E-state index in [1.807, 2.05) is 39.0 Å². The first kappa shape index (κ1) is 13.0. The van der Waals surface area contributed by atoms with Crippen molar-refractivity contribution in [3.8, 4) is 0 Å². The molecular weight excluding hydrogens is 268 g/mol. The second-order valence-electron chi connectivity index (χ2n) is 3.84. The molecule has 0 N–H and O–H groups in total. The van der Waals surface area contributed by atoms with E-state index in [1.165, 1.54) is 11.6 Å². The molecule has 0 unspecified atom stereocenters. The average molecular weight is 283 g/mol. The SMILES string of the molecule is Cc1ccc(C=CC(=O)OC(C)C)c(Br)c1. The standard InChI is InChI=1S/C13H15BrO2/c1-9(2)16-13(15)7-6-11-5-4-10(3)8-12(11)14/h4-9H,1-3H3. The molecular formula is C13H15BrO2. The maximum absolute atomic E-state index is 11.3. The number of aryl methyl sites for hydroxylation is 1. The van der Waals surface area contributed by atoms with Crippen molar-refractivity contribution in [2.75, 3.05) is 0 Å². The van der Waals surface area contributed by atoms with E-state index in [1.54, 1.807) is 6.08 Å².